The molecule has 0 spiro atoms. The van der Waals surface area contributed by atoms with E-state index in [4.69, 9.17) is 13.9 Å². The number of rotatable bonds is 7. The molecule has 0 radical (unpaired) electrons. The van der Waals surface area contributed by atoms with Gasteiger partial charge in [0.15, 0.2) is 6.61 Å². The fourth-order valence-corrected chi connectivity index (χ4v) is 3.68. The molecule has 1 aromatic carbocycles. The smallest absolute Gasteiger partial charge is 0.336 e. The minimum absolute atomic E-state index is 0.0928. The molecule has 0 amide bonds. The summed E-state index contributed by atoms with van der Waals surface area (Å²) in [5, 5.41) is 0.842. The van der Waals surface area contributed by atoms with Crippen LogP contribution in [0.15, 0.2) is 39.5 Å². The van der Waals surface area contributed by atoms with E-state index in [1.54, 1.807) is 19.2 Å². The molecule has 2 heterocycles. The summed E-state index contributed by atoms with van der Waals surface area (Å²) in [6, 6.07) is 8.71. The van der Waals surface area contributed by atoms with Crippen LogP contribution in [0.2, 0.25) is 0 Å². The maximum Gasteiger partial charge on any atom is 0.336 e. The molecule has 1 unspecified atom stereocenters. The van der Waals surface area contributed by atoms with Gasteiger partial charge in [-0.05, 0) is 51.5 Å². The van der Waals surface area contributed by atoms with Crippen molar-refractivity contribution >= 4 is 16.8 Å². The van der Waals surface area contributed by atoms with Crippen molar-refractivity contribution in [1.82, 2.24) is 4.57 Å². The molecule has 3 rings (SSSR count). The first-order valence-corrected chi connectivity index (χ1v) is 9.19. The number of aromatic nitrogens is 1. The number of hydrogen-bond acceptors (Lipinski definition) is 5. The Balaban J connectivity index is 1.78. The van der Waals surface area contributed by atoms with E-state index in [2.05, 4.69) is 11.5 Å². The summed E-state index contributed by atoms with van der Waals surface area (Å²) in [5.41, 5.74) is 3.43. The Kier molecular flexibility index (Phi) is 5.70. The summed E-state index contributed by atoms with van der Waals surface area (Å²) in [5.74, 6) is 0.380. The van der Waals surface area contributed by atoms with Crippen molar-refractivity contribution in [2.24, 2.45) is 0 Å². The van der Waals surface area contributed by atoms with Gasteiger partial charge in [-0.25, -0.2) is 4.79 Å². The lowest BCUT2D eigenvalue weighted by molar-refractivity contribution is 0.0920. The van der Waals surface area contributed by atoms with E-state index in [1.165, 1.54) is 6.07 Å². The predicted octanol–water partition coefficient (Wildman–Crippen LogP) is 3.99. The summed E-state index contributed by atoms with van der Waals surface area (Å²) in [6.07, 6.45) is 0. The largest absolute Gasteiger partial charge is 0.485 e. The van der Waals surface area contributed by atoms with Gasteiger partial charge in [0.05, 0.1) is 12.6 Å². The van der Waals surface area contributed by atoms with Gasteiger partial charge in [-0.1, -0.05) is 0 Å². The Hall–Kier alpha value is -2.86. The van der Waals surface area contributed by atoms with Crippen LogP contribution >= 0.6 is 0 Å². The van der Waals surface area contributed by atoms with Crippen LogP contribution in [0.4, 0.5) is 0 Å². The molecule has 2 aromatic heterocycles. The summed E-state index contributed by atoms with van der Waals surface area (Å²) in [6.45, 7) is 8.29. The lowest BCUT2D eigenvalue weighted by Gasteiger charge is -2.17. The molecule has 0 saturated carbocycles. The first-order valence-electron chi connectivity index (χ1n) is 9.19. The lowest BCUT2D eigenvalue weighted by atomic mass is 10.1. The van der Waals surface area contributed by atoms with Crippen LogP contribution in [0, 0.1) is 20.8 Å². The average Bonchev–Trinajstić information content (AvgIpc) is 2.93. The molecule has 0 aliphatic carbocycles. The molecule has 148 valence electrons. The lowest BCUT2D eigenvalue weighted by Crippen LogP contribution is -2.16. The zero-order valence-electron chi connectivity index (χ0n) is 16.9. The third-order valence-corrected chi connectivity index (χ3v) is 4.93. The SMILES string of the molecule is COCC(C)n1c(C)cc(C(=O)COc2ccc3c(C)cc(=O)oc3c2)c1C. The van der Waals surface area contributed by atoms with Crippen LogP contribution in [0.1, 0.15) is 40.3 Å². The third kappa shape index (κ3) is 3.87. The van der Waals surface area contributed by atoms with E-state index in [1.807, 2.05) is 32.9 Å². The van der Waals surface area contributed by atoms with Crippen LogP contribution < -0.4 is 10.4 Å². The van der Waals surface area contributed by atoms with Crippen molar-refractivity contribution in [2.45, 2.75) is 33.7 Å². The molecule has 6 heteroatoms. The number of Topliss-reactive ketones (excluding diaryl/α,β-unsaturated/α-hetero) is 1. The monoisotopic (exact) mass is 383 g/mol. The second-order valence-corrected chi connectivity index (χ2v) is 7.08. The second-order valence-electron chi connectivity index (χ2n) is 7.08. The van der Waals surface area contributed by atoms with E-state index < -0.39 is 5.63 Å². The van der Waals surface area contributed by atoms with E-state index in [0.717, 1.165) is 22.3 Å². The van der Waals surface area contributed by atoms with E-state index in [0.29, 0.717) is 23.5 Å². The first kappa shape index (κ1) is 19.9. The summed E-state index contributed by atoms with van der Waals surface area (Å²) in [7, 11) is 1.66. The first-order chi connectivity index (χ1) is 13.3. The predicted molar refractivity (Wildman–Crippen MR) is 108 cm³/mol. The van der Waals surface area contributed by atoms with Gasteiger partial charge in [0.25, 0.3) is 0 Å². The van der Waals surface area contributed by atoms with E-state index in [-0.39, 0.29) is 18.4 Å². The number of carbonyl (C=O) groups is 1. The second kappa shape index (κ2) is 8.02. The molecular formula is C22H25NO5. The molecule has 28 heavy (non-hydrogen) atoms. The highest BCUT2D eigenvalue weighted by Crippen LogP contribution is 2.24. The standard InChI is InChI=1S/C22H25NO5/c1-13-8-22(25)28-21-10-17(6-7-18(13)21)27-12-20(24)19-9-14(2)23(16(19)4)15(3)11-26-5/h6-10,15H,11-12H2,1-5H3. The maximum atomic E-state index is 12.7. The molecule has 3 aromatic rings. The number of carbonyl (C=O) groups excluding carboxylic acids is 1. The maximum absolute atomic E-state index is 12.7. The Labute approximate surface area is 163 Å². The molecule has 0 N–H and O–H groups in total. The summed E-state index contributed by atoms with van der Waals surface area (Å²) >= 11 is 0. The van der Waals surface area contributed by atoms with Crippen molar-refractivity contribution < 1.29 is 18.7 Å². The Morgan fingerprint density at radius 2 is 1.93 bits per heavy atom. The van der Waals surface area contributed by atoms with Crippen LogP contribution in [0.3, 0.4) is 0 Å². The van der Waals surface area contributed by atoms with E-state index >= 15 is 0 Å². The topological polar surface area (TPSA) is 70.7 Å². The van der Waals surface area contributed by atoms with Gasteiger partial charge in [0.2, 0.25) is 5.78 Å². The average molecular weight is 383 g/mol. The van der Waals surface area contributed by atoms with Crippen LogP contribution in [0.25, 0.3) is 11.0 Å². The summed E-state index contributed by atoms with van der Waals surface area (Å²) < 4.78 is 18.2. The number of benzene rings is 1. The fourth-order valence-electron chi connectivity index (χ4n) is 3.68. The Morgan fingerprint density at radius 1 is 1.18 bits per heavy atom. The van der Waals surface area contributed by atoms with Crippen molar-refractivity contribution in [3.05, 3.63) is 63.3 Å². The van der Waals surface area contributed by atoms with Gasteiger partial charge in [-0.3, -0.25) is 4.79 Å². The zero-order chi connectivity index (χ0) is 20.4. The van der Waals surface area contributed by atoms with Crippen molar-refractivity contribution in [2.75, 3.05) is 20.3 Å². The van der Waals surface area contributed by atoms with Gasteiger partial charge >= 0.3 is 5.63 Å². The number of fused-ring (bicyclic) bond motifs is 1. The molecule has 0 aliphatic heterocycles. The molecular weight excluding hydrogens is 358 g/mol. The molecule has 0 bridgehead atoms. The molecule has 0 aliphatic rings. The number of ether oxygens (including phenoxy) is 2. The summed E-state index contributed by atoms with van der Waals surface area (Å²) in [4.78, 5) is 24.3. The minimum atomic E-state index is -0.407. The fraction of sp³-hybridized carbons (Fsp3) is 0.364. The Bertz CT molecular complexity index is 1080. The normalized spacial score (nSPS) is 12.3. The van der Waals surface area contributed by atoms with Crippen molar-refractivity contribution in [3.63, 3.8) is 0 Å². The highest BCUT2D eigenvalue weighted by Gasteiger charge is 2.19. The molecule has 6 nitrogen and oxygen atoms in total. The van der Waals surface area contributed by atoms with Gasteiger partial charge in [-0.2, -0.15) is 0 Å². The van der Waals surface area contributed by atoms with Crippen molar-refractivity contribution in [1.29, 1.82) is 0 Å². The van der Waals surface area contributed by atoms with Crippen LogP contribution in [-0.4, -0.2) is 30.7 Å². The minimum Gasteiger partial charge on any atom is -0.485 e. The highest BCUT2D eigenvalue weighted by molar-refractivity contribution is 5.98. The van der Waals surface area contributed by atoms with Gasteiger partial charge in [0, 0.05) is 41.6 Å². The third-order valence-electron chi connectivity index (χ3n) is 4.93. The Morgan fingerprint density at radius 3 is 2.64 bits per heavy atom. The van der Waals surface area contributed by atoms with Gasteiger partial charge < -0.3 is 18.5 Å². The zero-order valence-corrected chi connectivity index (χ0v) is 16.9. The molecule has 0 saturated heterocycles. The highest BCUT2D eigenvalue weighted by atomic mass is 16.5. The number of nitrogens with zero attached hydrogens (tertiary/aromatic N) is 1. The van der Waals surface area contributed by atoms with Crippen LogP contribution in [0.5, 0.6) is 5.75 Å². The number of ketones is 1. The number of methoxy groups -OCH3 is 1. The van der Waals surface area contributed by atoms with E-state index in [9.17, 15) is 9.59 Å². The number of hydrogen-bond donors (Lipinski definition) is 0. The van der Waals surface area contributed by atoms with Crippen molar-refractivity contribution in [3.8, 4) is 5.75 Å². The van der Waals surface area contributed by atoms with Gasteiger partial charge in [0.1, 0.15) is 11.3 Å². The number of aryl methyl sites for hydroxylation is 2. The quantitative estimate of drug-likeness (QED) is 0.456. The van der Waals surface area contributed by atoms with Crippen LogP contribution in [-0.2, 0) is 4.74 Å². The molecule has 0 fully saturated rings. The molecule has 1 atom stereocenters. The van der Waals surface area contributed by atoms with Gasteiger partial charge in [-0.15, -0.1) is 0 Å².